The van der Waals surface area contributed by atoms with Gasteiger partial charge in [-0.2, -0.15) is 5.10 Å². The topological polar surface area (TPSA) is 68.5 Å². The molecule has 0 aliphatic heterocycles. The quantitative estimate of drug-likeness (QED) is 0.870. The van der Waals surface area contributed by atoms with Crippen LogP contribution in [0.4, 0.5) is 0 Å². The molecule has 6 nitrogen and oxygen atoms in total. The molecule has 0 aromatic carbocycles. The molecule has 0 bridgehead atoms. The van der Waals surface area contributed by atoms with E-state index in [0.29, 0.717) is 6.04 Å². The molecule has 1 N–H and O–H groups in total. The maximum atomic E-state index is 4.47. The predicted octanol–water partition coefficient (Wildman–Crippen LogP) is 1.85. The lowest BCUT2D eigenvalue weighted by molar-refractivity contribution is 0.463. The second-order valence-corrected chi connectivity index (χ2v) is 5.11. The second-order valence-electron chi connectivity index (χ2n) is 5.11. The van der Waals surface area contributed by atoms with Crippen LogP contribution < -0.4 is 5.32 Å². The summed E-state index contributed by atoms with van der Waals surface area (Å²) in [4.78, 5) is 13.2. The van der Waals surface area contributed by atoms with Crippen molar-refractivity contribution < 1.29 is 0 Å². The van der Waals surface area contributed by atoms with Gasteiger partial charge in [0.25, 0.3) is 0 Å². The van der Waals surface area contributed by atoms with Crippen LogP contribution in [0, 0.1) is 6.92 Å². The maximum Gasteiger partial charge on any atom is 0.138 e. The van der Waals surface area contributed by atoms with Gasteiger partial charge in [-0.1, -0.05) is 6.92 Å². The molecule has 0 fully saturated rings. The Bertz CT molecular complexity index is 531. The van der Waals surface area contributed by atoms with Gasteiger partial charge in [0.1, 0.15) is 12.2 Å². The van der Waals surface area contributed by atoms with Gasteiger partial charge in [0.05, 0.1) is 23.6 Å². The van der Waals surface area contributed by atoms with Gasteiger partial charge >= 0.3 is 0 Å². The molecule has 20 heavy (non-hydrogen) atoms. The molecule has 0 aliphatic carbocycles. The van der Waals surface area contributed by atoms with Gasteiger partial charge in [0.15, 0.2) is 0 Å². The molecule has 0 aliphatic rings. The van der Waals surface area contributed by atoms with Gasteiger partial charge < -0.3 is 5.32 Å². The average Bonchev–Trinajstić information content (AvgIpc) is 2.87. The van der Waals surface area contributed by atoms with Crippen LogP contribution >= 0.6 is 0 Å². The molecule has 2 rings (SSSR count). The average molecular weight is 274 g/mol. The zero-order chi connectivity index (χ0) is 14.5. The molecule has 6 heteroatoms. The van der Waals surface area contributed by atoms with Crippen LogP contribution in [0.25, 0.3) is 0 Å². The second kappa shape index (κ2) is 6.56. The number of aryl methyl sites for hydroxylation is 1. The highest BCUT2D eigenvalue weighted by molar-refractivity contribution is 5.08. The van der Waals surface area contributed by atoms with E-state index >= 15 is 0 Å². The molecule has 0 saturated carbocycles. The molecule has 0 spiro atoms. The number of nitrogens with zero attached hydrogens (tertiary/aromatic N) is 5. The van der Waals surface area contributed by atoms with Crippen LogP contribution in [0.5, 0.6) is 0 Å². The first kappa shape index (κ1) is 14.6. The van der Waals surface area contributed by atoms with E-state index in [1.165, 1.54) is 0 Å². The van der Waals surface area contributed by atoms with Crippen LogP contribution in [0.15, 0.2) is 18.7 Å². The fraction of sp³-hybridized carbons (Fsp3) is 0.571. The van der Waals surface area contributed by atoms with Crippen LogP contribution in [0.1, 0.15) is 50.1 Å². The molecule has 0 amide bonds. The highest BCUT2D eigenvalue weighted by Crippen LogP contribution is 2.16. The summed E-state index contributed by atoms with van der Waals surface area (Å²) in [6.45, 7) is 9.10. The van der Waals surface area contributed by atoms with Gasteiger partial charge in [0.2, 0.25) is 0 Å². The minimum absolute atomic E-state index is 0.106. The van der Waals surface area contributed by atoms with Gasteiger partial charge in [0, 0.05) is 18.7 Å². The van der Waals surface area contributed by atoms with Gasteiger partial charge in [-0.25, -0.2) is 9.67 Å². The van der Waals surface area contributed by atoms with Gasteiger partial charge in [-0.3, -0.25) is 9.97 Å². The third-order valence-electron chi connectivity index (χ3n) is 3.13. The Morgan fingerprint density at radius 1 is 1.20 bits per heavy atom. The molecule has 108 valence electrons. The van der Waals surface area contributed by atoms with E-state index in [4.69, 9.17) is 0 Å². The zero-order valence-electron chi connectivity index (χ0n) is 12.5. The molecule has 2 aromatic heterocycles. The number of likely N-dealkylation sites (N-methyl/N-ethyl adjacent to an activating group) is 1. The molecular weight excluding hydrogens is 252 g/mol. The smallest absolute Gasteiger partial charge is 0.138 e. The molecular formula is C14H22N6. The molecule has 2 heterocycles. The molecule has 1 unspecified atom stereocenters. The summed E-state index contributed by atoms with van der Waals surface area (Å²) >= 11 is 0. The largest absolute Gasteiger partial charge is 0.308 e. The number of rotatable bonds is 6. The van der Waals surface area contributed by atoms with Crippen molar-refractivity contribution in [1.29, 1.82) is 0 Å². The summed E-state index contributed by atoms with van der Waals surface area (Å²) in [5, 5.41) is 7.72. The van der Waals surface area contributed by atoms with Crippen molar-refractivity contribution >= 4 is 0 Å². The number of aromatic nitrogens is 5. The lowest BCUT2D eigenvalue weighted by Gasteiger charge is -2.18. The van der Waals surface area contributed by atoms with E-state index in [-0.39, 0.29) is 6.04 Å². The Hall–Kier alpha value is -1.82. The van der Waals surface area contributed by atoms with Crippen molar-refractivity contribution in [3.05, 3.63) is 35.9 Å². The number of nitrogens with one attached hydrogen (secondary N) is 1. The van der Waals surface area contributed by atoms with Crippen LogP contribution in [0.2, 0.25) is 0 Å². The van der Waals surface area contributed by atoms with E-state index in [0.717, 1.165) is 30.2 Å². The summed E-state index contributed by atoms with van der Waals surface area (Å²) in [5.41, 5.74) is 1.87. The third-order valence-corrected chi connectivity index (χ3v) is 3.13. The van der Waals surface area contributed by atoms with Crippen molar-refractivity contribution in [1.82, 2.24) is 30.0 Å². The lowest BCUT2D eigenvalue weighted by atomic mass is 10.1. The minimum Gasteiger partial charge on any atom is -0.308 e. The van der Waals surface area contributed by atoms with Crippen LogP contribution in [-0.2, 0) is 6.42 Å². The zero-order valence-corrected chi connectivity index (χ0v) is 12.5. The number of hydrogen-bond donors (Lipinski definition) is 1. The number of hydrogen-bond acceptors (Lipinski definition) is 5. The van der Waals surface area contributed by atoms with E-state index in [1.807, 2.05) is 17.8 Å². The Balaban J connectivity index is 2.21. The SMILES string of the molecule is CCNC(Cc1ncnn1C(C)C)c1cnc(C)cn1. The van der Waals surface area contributed by atoms with Crippen molar-refractivity contribution in [2.24, 2.45) is 0 Å². The molecule has 0 radical (unpaired) electrons. The molecule has 0 saturated heterocycles. The first-order chi connectivity index (χ1) is 9.61. The summed E-state index contributed by atoms with van der Waals surface area (Å²) < 4.78 is 1.95. The first-order valence-electron chi connectivity index (χ1n) is 7.02. The van der Waals surface area contributed by atoms with E-state index in [1.54, 1.807) is 12.5 Å². The highest BCUT2D eigenvalue weighted by Gasteiger charge is 2.17. The molecule has 1 atom stereocenters. The van der Waals surface area contributed by atoms with Gasteiger partial charge in [-0.05, 0) is 27.3 Å². The fourth-order valence-corrected chi connectivity index (χ4v) is 2.14. The Morgan fingerprint density at radius 2 is 2.00 bits per heavy atom. The first-order valence-corrected chi connectivity index (χ1v) is 7.02. The van der Waals surface area contributed by atoms with Crippen LogP contribution in [-0.4, -0.2) is 31.3 Å². The van der Waals surface area contributed by atoms with Crippen molar-refractivity contribution in [2.45, 2.75) is 46.2 Å². The maximum absolute atomic E-state index is 4.47. The molecule has 2 aromatic rings. The van der Waals surface area contributed by atoms with E-state index < -0.39 is 0 Å². The predicted molar refractivity (Wildman–Crippen MR) is 77.3 cm³/mol. The van der Waals surface area contributed by atoms with Gasteiger partial charge in [-0.15, -0.1) is 0 Å². The summed E-state index contributed by atoms with van der Waals surface area (Å²) in [7, 11) is 0. The Kier molecular flexibility index (Phi) is 4.79. The lowest BCUT2D eigenvalue weighted by Crippen LogP contribution is -2.26. The summed E-state index contributed by atoms with van der Waals surface area (Å²) in [6.07, 6.45) is 5.99. The monoisotopic (exact) mass is 274 g/mol. The summed E-state index contributed by atoms with van der Waals surface area (Å²) in [6, 6.07) is 0.411. The van der Waals surface area contributed by atoms with Crippen LogP contribution in [0.3, 0.4) is 0 Å². The van der Waals surface area contributed by atoms with Crippen molar-refractivity contribution in [3.63, 3.8) is 0 Å². The fourth-order valence-electron chi connectivity index (χ4n) is 2.14. The van der Waals surface area contributed by atoms with E-state index in [2.05, 4.69) is 46.1 Å². The normalized spacial score (nSPS) is 12.8. The Morgan fingerprint density at radius 3 is 2.60 bits per heavy atom. The van der Waals surface area contributed by atoms with Crippen molar-refractivity contribution in [3.8, 4) is 0 Å². The van der Waals surface area contributed by atoms with Crippen molar-refractivity contribution in [2.75, 3.05) is 6.54 Å². The standard InChI is InChI=1S/C14H22N6/c1-5-15-12(13-8-16-11(4)7-17-13)6-14-18-9-19-20(14)10(2)3/h7-10,12,15H,5-6H2,1-4H3. The third kappa shape index (κ3) is 3.39. The van der Waals surface area contributed by atoms with E-state index in [9.17, 15) is 0 Å². The Labute approximate surface area is 119 Å². The highest BCUT2D eigenvalue weighted by atomic mass is 15.3. The summed E-state index contributed by atoms with van der Waals surface area (Å²) in [5.74, 6) is 0.966. The minimum atomic E-state index is 0.106.